The Kier molecular flexibility index (Phi) is 7.32. The molecule has 7 heteroatoms. The number of nitrogens with one attached hydrogen (secondary N) is 1. The zero-order valence-corrected chi connectivity index (χ0v) is 22.6. The maximum absolute atomic E-state index is 12.2. The third kappa shape index (κ3) is 4.89. The van der Waals surface area contributed by atoms with Crippen LogP contribution in [0.15, 0.2) is 36.5 Å². The van der Waals surface area contributed by atoms with Crippen molar-refractivity contribution in [1.82, 2.24) is 9.88 Å². The summed E-state index contributed by atoms with van der Waals surface area (Å²) in [7, 11) is 1.51. The van der Waals surface area contributed by atoms with Gasteiger partial charge in [-0.1, -0.05) is 31.5 Å². The summed E-state index contributed by atoms with van der Waals surface area (Å²) in [5, 5.41) is 15.3. The monoisotopic (exact) mass is 521 g/mol. The average molecular weight is 522 g/mol. The zero-order valence-electron chi connectivity index (χ0n) is 21.9. The Morgan fingerprint density at radius 1 is 1.14 bits per heavy atom. The highest BCUT2D eigenvalue weighted by Crippen LogP contribution is 2.51. The van der Waals surface area contributed by atoms with E-state index < -0.39 is 5.41 Å². The Morgan fingerprint density at radius 3 is 2.49 bits per heavy atom. The number of carbonyl (C=O) groups is 1. The van der Waals surface area contributed by atoms with Gasteiger partial charge in [0.2, 0.25) is 0 Å². The number of phenolic OH excluding ortho intramolecular Hbond substituents is 1. The lowest BCUT2D eigenvalue weighted by molar-refractivity contribution is -0.109. The van der Waals surface area contributed by atoms with Crippen molar-refractivity contribution in [3.63, 3.8) is 0 Å². The van der Waals surface area contributed by atoms with E-state index >= 15 is 0 Å². The van der Waals surface area contributed by atoms with Crippen LogP contribution in [0.3, 0.4) is 0 Å². The molecule has 0 amide bonds. The molecule has 5 rings (SSSR count). The molecule has 2 N–H and O–H groups in total. The molecule has 1 aromatic heterocycles. The number of ether oxygens (including phenoxy) is 1. The molecular weight excluding hydrogens is 486 g/mol. The van der Waals surface area contributed by atoms with Gasteiger partial charge < -0.3 is 24.9 Å². The number of fused-ring (bicyclic) bond motifs is 1. The first-order valence-electron chi connectivity index (χ1n) is 13.4. The van der Waals surface area contributed by atoms with E-state index in [2.05, 4.69) is 30.1 Å². The first-order chi connectivity index (χ1) is 17.9. The summed E-state index contributed by atoms with van der Waals surface area (Å²) in [6, 6.07) is 10.6. The molecule has 2 aliphatic rings. The number of anilines is 1. The molecule has 37 heavy (non-hydrogen) atoms. The van der Waals surface area contributed by atoms with Crippen molar-refractivity contribution in [2.24, 2.45) is 0 Å². The van der Waals surface area contributed by atoms with Crippen molar-refractivity contribution in [2.75, 3.05) is 25.5 Å². The number of benzene rings is 2. The third-order valence-corrected chi connectivity index (χ3v) is 8.66. The number of halogens is 1. The van der Waals surface area contributed by atoms with Crippen LogP contribution in [0, 0.1) is 0 Å². The molecule has 2 fully saturated rings. The second-order valence-electron chi connectivity index (χ2n) is 10.4. The van der Waals surface area contributed by atoms with Gasteiger partial charge in [-0.05, 0) is 87.0 Å². The van der Waals surface area contributed by atoms with Crippen molar-refractivity contribution in [3.05, 3.63) is 47.1 Å². The average Bonchev–Trinajstić information content (AvgIpc) is 3.73. The van der Waals surface area contributed by atoms with Gasteiger partial charge in [-0.2, -0.15) is 0 Å². The zero-order chi connectivity index (χ0) is 26.2. The van der Waals surface area contributed by atoms with E-state index in [4.69, 9.17) is 21.3 Å². The number of rotatable bonds is 9. The SMILES string of the molecule is CCN(CC)[C@H]1CC[C@H](Nc2c(C3(C=O)CC3)cnc3ccc(-c4cc(Cl)c(O)c(OC)c4)cc23)CC1. The van der Waals surface area contributed by atoms with Gasteiger partial charge in [0.25, 0.3) is 0 Å². The van der Waals surface area contributed by atoms with Crippen LogP contribution in [0.4, 0.5) is 5.69 Å². The summed E-state index contributed by atoms with van der Waals surface area (Å²) in [5.41, 5.74) is 4.25. The number of pyridine rings is 1. The molecule has 3 aromatic rings. The van der Waals surface area contributed by atoms with Crippen LogP contribution in [-0.4, -0.2) is 53.6 Å². The summed E-state index contributed by atoms with van der Waals surface area (Å²) in [4.78, 5) is 19.5. The summed E-state index contributed by atoms with van der Waals surface area (Å²) in [6.45, 7) is 6.67. The molecule has 0 radical (unpaired) electrons. The first kappa shape index (κ1) is 25.8. The number of nitrogens with zero attached hydrogens (tertiary/aromatic N) is 2. The molecule has 1 heterocycles. The Morgan fingerprint density at radius 2 is 1.86 bits per heavy atom. The van der Waals surface area contributed by atoms with Crippen LogP contribution in [0.2, 0.25) is 5.02 Å². The topological polar surface area (TPSA) is 74.7 Å². The lowest BCUT2D eigenvalue weighted by Gasteiger charge is -2.37. The Bertz CT molecular complexity index is 1290. The number of aromatic nitrogens is 1. The van der Waals surface area contributed by atoms with Crippen LogP contribution < -0.4 is 10.1 Å². The minimum atomic E-state index is -0.441. The minimum absolute atomic E-state index is 0.0676. The van der Waals surface area contributed by atoms with Gasteiger partial charge in [-0.3, -0.25) is 4.98 Å². The molecule has 2 aliphatic carbocycles. The Balaban J connectivity index is 1.54. The molecule has 0 bridgehead atoms. The van der Waals surface area contributed by atoms with Gasteiger partial charge in [0, 0.05) is 34.9 Å². The van der Waals surface area contributed by atoms with Crippen LogP contribution in [0.5, 0.6) is 11.5 Å². The predicted octanol–water partition coefficient (Wildman–Crippen LogP) is 6.56. The normalized spacial score (nSPS) is 20.7. The quantitative estimate of drug-likeness (QED) is 0.310. The number of hydrogen-bond acceptors (Lipinski definition) is 6. The van der Waals surface area contributed by atoms with Crippen molar-refractivity contribution in [1.29, 1.82) is 0 Å². The first-order valence-corrected chi connectivity index (χ1v) is 13.8. The van der Waals surface area contributed by atoms with Gasteiger partial charge in [0.05, 0.1) is 23.1 Å². The van der Waals surface area contributed by atoms with E-state index in [1.807, 2.05) is 18.3 Å². The molecule has 0 aliphatic heterocycles. The van der Waals surface area contributed by atoms with Gasteiger partial charge in [-0.15, -0.1) is 0 Å². The van der Waals surface area contributed by atoms with E-state index in [0.29, 0.717) is 17.8 Å². The number of carbonyl (C=O) groups excluding carboxylic acids is 1. The minimum Gasteiger partial charge on any atom is -0.503 e. The fraction of sp³-hybridized carbons (Fsp3) is 0.467. The van der Waals surface area contributed by atoms with Crippen LogP contribution in [0.1, 0.15) is 57.9 Å². The van der Waals surface area contributed by atoms with Crippen LogP contribution >= 0.6 is 11.6 Å². The number of aldehydes is 1. The molecule has 0 saturated heterocycles. The second-order valence-corrected chi connectivity index (χ2v) is 10.8. The van der Waals surface area contributed by atoms with E-state index in [1.54, 1.807) is 12.1 Å². The van der Waals surface area contributed by atoms with Crippen molar-refractivity contribution in [2.45, 2.75) is 69.9 Å². The van der Waals surface area contributed by atoms with Crippen LogP contribution in [0.25, 0.3) is 22.0 Å². The lowest BCUT2D eigenvalue weighted by atomic mass is 9.88. The van der Waals surface area contributed by atoms with E-state index in [1.165, 1.54) is 20.0 Å². The highest BCUT2D eigenvalue weighted by atomic mass is 35.5. The maximum atomic E-state index is 12.2. The van der Waals surface area contributed by atoms with Gasteiger partial charge in [0.1, 0.15) is 6.29 Å². The standard InChI is InChI=1S/C30H36ClN3O3/c1-4-34(5-2)22-9-7-21(8-10-22)33-28-23-14-19(20-15-25(31)29(36)27(16-20)37-3)6-11-26(23)32-17-24(28)30(18-35)12-13-30/h6,11,14-18,21-22,36H,4-5,7-10,12-13H2,1-3H3,(H,32,33)/t21-,22-. The van der Waals surface area contributed by atoms with E-state index in [-0.39, 0.29) is 10.8 Å². The van der Waals surface area contributed by atoms with Crippen molar-refractivity contribution < 1.29 is 14.6 Å². The summed E-state index contributed by atoms with van der Waals surface area (Å²) in [5.74, 6) is 0.262. The Labute approximate surface area is 224 Å². The molecule has 2 aromatic carbocycles. The molecule has 0 unspecified atom stereocenters. The molecule has 0 atom stereocenters. The fourth-order valence-corrected chi connectivity index (χ4v) is 6.13. The van der Waals surface area contributed by atoms with Crippen LogP contribution in [-0.2, 0) is 10.2 Å². The molecule has 2 saturated carbocycles. The summed E-state index contributed by atoms with van der Waals surface area (Å²) < 4.78 is 5.33. The third-order valence-electron chi connectivity index (χ3n) is 8.37. The Hall–Kier alpha value is -2.83. The van der Waals surface area contributed by atoms with E-state index in [9.17, 15) is 9.90 Å². The highest BCUT2D eigenvalue weighted by Gasteiger charge is 2.46. The number of aromatic hydroxyl groups is 1. The van der Waals surface area contributed by atoms with Gasteiger partial charge in [-0.25, -0.2) is 0 Å². The molecular formula is C30H36ClN3O3. The van der Waals surface area contributed by atoms with Gasteiger partial charge >= 0.3 is 0 Å². The van der Waals surface area contributed by atoms with Crippen molar-refractivity contribution in [3.8, 4) is 22.6 Å². The highest BCUT2D eigenvalue weighted by molar-refractivity contribution is 6.32. The molecule has 0 spiro atoms. The maximum Gasteiger partial charge on any atom is 0.176 e. The van der Waals surface area contributed by atoms with Crippen molar-refractivity contribution >= 4 is 34.5 Å². The second kappa shape index (κ2) is 10.5. The summed E-state index contributed by atoms with van der Waals surface area (Å²) in [6.07, 6.45) is 9.27. The lowest BCUT2D eigenvalue weighted by Crippen LogP contribution is -2.40. The smallest absolute Gasteiger partial charge is 0.176 e. The number of methoxy groups -OCH3 is 1. The predicted molar refractivity (Wildman–Crippen MR) is 150 cm³/mol. The number of phenols is 1. The molecule has 196 valence electrons. The largest absolute Gasteiger partial charge is 0.503 e. The number of hydrogen-bond donors (Lipinski definition) is 2. The fourth-order valence-electron chi connectivity index (χ4n) is 5.92. The van der Waals surface area contributed by atoms with Gasteiger partial charge in [0.15, 0.2) is 11.5 Å². The van der Waals surface area contributed by atoms with E-state index in [0.717, 1.165) is 78.3 Å². The summed E-state index contributed by atoms with van der Waals surface area (Å²) >= 11 is 6.30. The molecule has 6 nitrogen and oxygen atoms in total.